The Balaban J connectivity index is 3.74. The van der Waals surface area contributed by atoms with E-state index in [0.717, 1.165) is 32.4 Å². The SMILES string of the molecule is C=CC(=O)N(CCC[C@@H](C)OCCCCCC)C(C)C. The fourth-order valence-electron chi connectivity index (χ4n) is 2.19. The van der Waals surface area contributed by atoms with Crippen molar-refractivity contribution < 1.29 is 9.53 Å². The number of nitrogens with zero attached hydrogens (tertiary/aromatic N) is 1. The zero-order valence-electron chi connectivity index (χ0n) is 13.9. The van der Waals surface area contributed by atoms with Gasteiger partial charge in [-0.05, 0) is 46.1 Å². The lowest BCUT2D eigenvalue weighted by Crippen LogP contribution is -2.36. The number of amides is 1. The molecule has 0 saturated carbocycles. The van der Waals surface area contributed by atoms with Crippen molar-refractivity contribution in [3.8, 4) is 0 Å². The highest BCUT2D eigenvalue weighted by molar-refractivity contribution is 5.87. The second-order valence-electron chi connectivity index (χ2n) is 5.71. The molecule has 0 spiro atoms. The first-order valence-corrected chi connectivity index (χ1v) is 8.07. The third kappa shape index (κ3) is 9.13. The lowest BCUT2D eigenvalue weighted by atomic mass is 10.2. The molecule has 0 aliphatic rings. The third-order valence-electron chi connectivity index (χ3n) is 3.49. The molecule has 20 heavy (non-hydrogen) atoms. The molecule has 0 saturated heterocycles. The van der Waals surface area contributed by atoms with Gasteiger partial charge in [0.2, 0.25) is 5.91 Å². The smallest absolute Gasteiger partial charge is 0.246 e. The summed E-state index contributed by atoms with van der Waals surface area (Å²) in [7, 11) is 0. The van der Waals surface area contributed by atoms with Crippen molar-refractivity contribution >= 4 is 5.91 Å². The lowest BCUT2D eigenvalue weighted by Gasteiger charge is -2.26. The molecule has 118 valence electrons. The summed E-state index contributed by atoms with van der Waals surface area (Å²) in [6.07, 6.45) is 8.64. The minimum Gasteiger partial charge on any atom is -0.379 e. The van der Waals surface area contributed by atoms with Crippen molar-refractivity contribution in [2.24, 2.45) is 0 Å². The molecular formula is C17H33NO2. The fourth-order valence-corrected chi connectivity index (χ4v) is 2.19. The van der Waals surface area contributed by atoms with Gasteiger partial charge in [0.05, 0.1) is 6.10 Å². The van der Waals surface area contributed by atoms with Gasteiger partial charge in [-0.25, -0.2) is 0 Å². The van der Waals surface area contributed by atoms with Crippen molar-refractivity contribution in [3.05, 3.63) is 12.7 Å². The van der Waals surface area contributed by atoms with Crippen LogP contribution in [0.25, 0.3) is 0 Å². The molecule has 0 fully saturated rings. The van der Waals surface area contributed by atoms with Crippen molar-refractivity contribution in [1.29, 1.82) is 0 Å². The Morgan fingerprint density at radius 3 is 2.45 bits per heavy atom. The maximum atomic E-state index is 11.7. The van der Waals surface area contributed by atoms with Crippen LogP contribution in [0.15, 0.2) is 12.7 Å². The molecule has 1 atom stereocenters. The standard InChI is InChI=1S/C17H33NO2/c1-6-8-9-10-14-20-16(5)12-11-13-18(15(3)4)17(19)7-2/h7,15-16H,2,6,8-14H2,1,3-5H3/t16-/m1/s1. The van der Waals surface area contributed by atoms with Gasteiger partial charge >= 0.3 is 0 Å². The molecule has 0 aromatic rings. The van der Waals surface area contributed by atoms with E-state index >= 15 is 0 Å². The molecule has 3 nitrogen and oxygen atoms in total. The number of rotatable bonds is 12. The first-order valence-electron chi connectivity index (χ1n) is 8.07. The van der Waals surface area contributed by atoms with Gasteiger partial charge < -0.3 is 9.64 Å². The molecular weight excluding hydrogens is 250 g/mol. The number of hydrogen-bond donors (Lipinski definition) is 0. The van der Waals surface area contributed by atoms with E-state index in [2.05, 4.69) is 20.4 Å². The highest BCUT2D eigenvalue weighted by atomic mass is 16.5. The Morgan fingerprint density at radius 1 is 1.20 bits per heavy atom. The zero-order chi connectivity index (χ0) is 15.4. The average Bonchev–Trinajstić information content (AvgIpc) is 2.42. The lowest BCUT2D eigenvalue weighted by molar-refractivity contribution is -0.127. The van der Waals surface area contributed by atoms with Gasteiger partial charge in [0, 0.05) is 19.2 Å². The summed E-state index contributed by atoms with van der Waals surface area (Å²) in [5, 5.41) is 0. The zero-order valence-corrected chi connectivity index (χ0v) is 13.9. The Bertz CT molecular complexity index is 264. The summed E-state index contributed by atoms with van der Waals surface area (Å²) in [4.78, 5) is 13.5. The molecule has 0 aliphatic carbocycles. The van der Waals surface area contributed by atoms with Crippen LogP contribution in [0.4, 0.5) is 0 Å². The Morgan fingerprint density at radius 2 is 1.90 bits per heavy atom. The van der Waals surface area contributed by atoms with Gasteiger partial charge in [-0.2, -0.15) is 0 Å². The van der Waals surface area contributed by atoms with E-state index in [0.29, 0.717) is 0 Å². The Hall–Kier alpha value is -0.830. The predicted molar refractivity (Wildman–Crippen MR) is 85.8 cm³/mol. The monoisotopic (exact) mass is 283 g/mol. The molecule has 0 aliphatic heterocycles. The number of unbranched alkanes of at least 4 members (excludes halogenated alkanes) is 3. The summed E-state index contributed by atoms with van der Waals surface area (Å²) >= 11 is 0. The summed E-state index contributed by atoms with van der Waals surface area (Å²) < 4.78 is 5.79. The van der Waals surface area contributed by atoms with Crippen LogP contribution in [0.5, 0.6) is 0 Å². The van der Waals surface area contributed by atoms with Crippen LogP contribution < -0.4 is 0 Å². The largest absolute Gasteiger partial charge is 0.379 e. The average molecular weight is 283 g/mol. The van der Waals surface area contributed by atoms with E-state index in [1.54, 1.807) is 0 Å². The number of hydrogen-bond acceptors (Lipinski definition) is 2. The van der Waals surface area contributed by atoms with Gasteiger partial charge in [-0.15, -0.1) is 0 Å². The quantitative estimate of drug-likeness (QED) is 0.397. The molecule has 0 bridgehead atoms. The van der Waals surface area contributed by atoms with E-state index in [4.69, 9.17) is 4.74 Å². The molecule has 1 amide bonds. The van der Waals surface area contributed by atoms with Crippen LogP contribution in [0.2, 0.25) is 0 Å². The molecule has 0 rings (SSSR count). The van der Waals surface area contributed by atoms with Gasteiger partial charge in [-0.1, -0.05) is 32.8 Å². The third-order valence-corrected chi connectivity index (χ3v) is 3.49. The van der Waals surface area contributed by atoms with E-state index in [1.165, 1.54) is 25.3 Å². The summed E-state index contributed by atoms with van der Waals surface area (Å²) in [6, 6.07) is 0.228. The van der Waals surface area contributed by atoms with Crippen LogP contribution in [-0.4, -0.2) is 36.1 Å². The van der Waals surface area contributed by atoms with E-state index in [9.17, 15) is 4.79 Å². The van der Waals surface area contributed by atoms with E-state index in [-0.39, 0.29) is 18.1 Å². The van der Waals surface area contributed by atoms with Gasteiger partial charge in [0.1, 0.15) is 0 Å². The molecule has 3 heteroatoms. The predicted octanol–water partition coefficient (Wildman–Crippen LogP) is 4.18. The Labute approximate surface area is 125 Å². The summed E-state index contributed by atoms with van der Waals surface area (Å²) in [5.41, 5.74) is 0. The molecule has 0 unspecified atom stereocenters. The number of ether oxygens (including phenoxy) is 1. The molecule has 0 aromatic heterocycles. The number of carbonyl (C=O) groups is 1. The van der Waals surface area contributed by atoms with E-state index < -0.39 is 0 Å². The Kier molecular flexibility index (Phi) is 11.5. The number of carbonyl (C=O) groups excluding carboxylic acids is 1. The van der Waals surface area contributed by atoms with Crippen LogP contribution >= 0.6 is 0 Å². The normalized spacial score (nSPS) is 12.4. The molecule has 0 radical (unpaired) electrons. The minimum atomic E-state index is 0.0214. The van der Waals surface area contributed by atoms with Gasteiger partial charge in [-0.3, -0.25) is 4.79 Å². The van der Waals surface area contributed by atoms with Crippen LogP contribution in [0.1, 0.15) is 66.2 Å². The van der Waals surface area contributed by atoms with Crippen molar-refractivity contribution in [2.75, 3.05) is 13.2 Å². The first kappa shape index (κ1) is 19.2. The molecule has 0 N–H and O–H groups in total. The van der Waals surface area contributed by atoms with Crippen LogP contribution in [0.3, 0.4) is 0 Å². The van der Waals surface area contributed by atoms with Gasteiger partial charge in [0.15, 0.2) is 0 Å². The topological polar surface area (TPSA) is 29.5 Å². The first-order chi connectivity index (χ1) is 9.52. The maximum Gasteiger partial charge on any atom is 0.246 e. The highest BCUT2D eigenvalue weighted by Crippen LogP contribution is 2.08. The van der Waals surface area contributed by atoms with Crippen molar-refractivity contribution in [3.63, 3.8) is 0 Å². The second kappa shape index (κ2) is 12.0. The van der Waals surface area contributed by atoms with Crippen molar-refractivity contribution in [2.45, 2.75) is 78.4 Å². The maximum absolute atomic E-state index is 11.7. The minimum absolute atomic E-state index is 0.0214. The summed E-state index contributed by atoms with van der Waals surface area (Å²) in [5.74, 6) is 0.0214. The molecule has 0 aromatic carbocycles. The fraction of sp³-hybridized carbons (Fsp3) is 0.824. The highest BCUT2D eigenvalue weighted by Gasteiger charge is 2.14. The molecule has 0 heterocycles. The van der Waals surface area contributed by atoms with Gasteiger partial charge in [0.25, 0.3) is 0 Å². The van der Waals surface area contributed by atoms with Crippen molar-refractivity contribution in [1.82, 2.24) is 4.90 Å². The summed E-state index contributed by atoms with van der Waals surface area (Å²) in [6.45, 7) is 13.6. The van der Waals surface area contributed by atoms with Crippen LogP contribution in [0, 0.1) is 0 Å². The van der Waals surface area contributed by atoms with E-state index in [1.807, 2.05) is 18.7 Å². The van der Waals surface area contributed by atoms with Crippen LogP contribution in [-0.2, 0) is 9.53 Å². The second-order valence-corrected chi connectivity index (χ2v) is 5.71.